The molecule has 0 saturated heterocycles. The Morgan fingerprint density at radius 2 is 1.86 bits per heavy atom. The van der Waals surface area contributed by atoms with E-state index in [0.29, 0.717) is 5.13 Å². The predicted molar refractivity (Wildman–Crippen MR) is 115 cm³/mol. The van der Waals surface area contributed by atoms with Crippen LogP contribution in [0.15, 0.2) is 36.4 Å². The van der Waals surface area contributed by atoms with Crippen LogP contribution in [-0.4, -0.2) is 22.0 Å². The van der Waals surface area contributed by atoms with Gasteiger partial charge in [-0.1, -0.05) is 49.8 Å². The van der Waals surface area contributed by atoms with Crippen LogP contribution in [-0.2, 0) is 16.0 Å². The number of unbranched alkanes of at least 4 members (excludes halogenated alkanes) is 1. The normalized spacial score (nSPS) is 24.8. The van der Waals surface area contributed by atoms with Crippen LogP contribution < -0.4 is 5.32 Å². The number of carboxylic acids is 1. The van der Waals surface area contributed by atoms with Crippen molar-refractivity contribution in [3.05, 3.63) is 46.9 Å². The summed E-state index contributed by atoms with van der Waals surface area (Å²) in [6.07, 6.45) is 8.13. The van der Waals surface area contributed by atoms with Crippen molar-refractivity contribution < 1.29 is 14.7 Å². The van der Waals surface area contributed by atoms with Gasteiger partial charge in [-0.05, 0) is 43.6 Å². The molecule has 29 heavy (non-hydrogen) atoms. The number of hydrogen-bond acceptors (Lipinski definition) is 4. The van der Waals surface area contributed by atoms with Crippen LogP contribution in [0.4, 0.5) is 5.13 Å². The fraction of sp³-hybridized carbons (Fsp3) is 0.435. The van der Waals surface area contributed by atoms with E-state index in [2.05, 4.69) is 41.5 Å². The van der Waals surface area contributed by atoms with E-state index < -0.39 is 17.8 Å². The molecule has 0 spiro atoms. The Kier molecular flexibility index (Phi) is 5.54. The zero-order valence-electron chi connectivity index (χ0n) is 16.7. The minimum absolute atomic E-state index is 0.0114. The number of carboxylic acid groups (broad SMARTS) is 1. The Morgan fingerprint density at radius 3 is 2.52 bits per heavy atom. The summed E-state index contributed by atoms with van der Waals surface area (Å²) in [5, 5.41) is 13.0. The number of allylic oxidation sites excluding steroid dienone is 2. The molecule has 2 bridgehead atoms. The molecule has 2 aliphatic rings. The number of carbonyl (C=O) groups excluding carboxylic acids is 1. The molecule has 4 atom stereocenters. The van der Waals surface area contributed by atoms with Gasteiger partial charge in [-0.15, -0.1) is 11.3 Å². The van der Waals surface area contributed by atoms with E-state index in [-0.39, 0.29) is 17.7 Å². The number of benzene rings is 1. The molecule has 1 amide bonds. The van der Waals surface area contributed by atoms with E-state index in [0.717, 1.165) is 29.0 Å². The average molecular weight is 411 g/mol. The van der Waals surface area contributed by atoms with Crippen molar-refractivity contribution >= 4 is 28.3 Å². The first-order valence-corrected chi connectivity index (χ1v) is 11.1. The number of rotatable bonds is 7. The number of anilines is 1. The number of fused-ring (bicyclic) bond motifs is 2. The fourth-order valence-electron chi connectivity index (χ4n) is 4.63. The molecular weight excluding hydrogens is 384 g/mol. The van der Waals surface area contributed by atoms with Gasteiger partial charge in [-0.3, -0.25) is 9.59 Å². The summed E-state index contributed by atoms with van der Waals surface area (Å²) in [7, 11) is 0. The molecule has 2 aromatic rings. The lowest BCUT2D eigenvalue weighted by Crippen LogP contribution is -2.36. The molecule has 4 rings (SSSR count). The first kappa shape index (κ1) is 19.8. The van der Waals surface area contributed by atoms with E-state index in [4.69, 9.17) is 0 Å². The van der Waals surface area contributed by atoms with Gasteiger partial charge in [0.1, 0.15) is 0 Å². The Balaban J connectivity index is 1.49. The van der Waals surface area contributed by atoms with Crippen LogP contribution in [0, 0.1) is 30.6 Å². The second kappa shape index (κ2) is 8.11. The topological polar surface area (TPSA) is 79.3 Å². The van der Waals surface area contributed by atoms with Crippen LogP contribution >= 0.6 is 11.3 Å². The van der Waals surface area contributed by atoms with Crippen molar-refractivity contribution in [1.82, 2.24) is 4.98 Å². The SMILES string of the molecule is CCCCc1ccc(-c2nc(NC(=O)[C@@H]3[C@@H](C(=O)O)[C@H]4C=C[C@@H]3C4)sc2C)cc1. The molecule has 2 aliphatic carbocycles. The van der Waals surface area contributed by atoms with Crippen LogP contribution in [0.5, 0.6) is 0 Å². The number of nitrogens with one attached hydrogen (secondary N) is 1. The molecule has 0 aliphatic heterocycles. The Bertz CT molecular complexity index is 948. The van der Waals surface area contributed by atoms with Gasteiger partial charge in [0, 0.05) is 10.4 Å². The second-order valence-corrected chi connectivity index (χ2v) is 9.25. The van der Waals surface area contributed by atoms with E-state index in [1.54, 1.807) is 0 Å². The third-order valence-corrected chi connectivity index (χ3v) is 7.01. The molecule has 1 aromatic carbocycles. The Labute approximate surface area is 174 Å². The monoisotopic (exact) mass is 410 g/mol. The highest BCUT2D eigenvalue weighted by molar-refractivity contribution is 7.16. The molecule has 1 heterocycles. The summed E-state index contributed by atoms with van der Waals surface area (Å²) in [5.74, 6) is -2.30. The minimum Gasteiger partial charge on any atom is -0.481 e. The second-order valence-electron chi connectivity index (χ2n) is 8.05. The lowest BCUT2D eigenvalue weighted by molar-refractivity contribution is -0.146. The molecule has 1 aromatic heterocycles. The number of aryl methyl sites for hydroxylation is 2. The van der Waals surface area contributed by atoms with Gasteiger partial charge in [0.25, 0.3) is 0 Å². The molecule has 152 valence electrons. The van der Waals surface area contributed by atoms with Crippen LogP contribution in [0.2, 0.25) is 0 Å². The number of amides is 1. The molecule has 0 radical (unpaired) electrons. The van der Waals surface area contributed by atoms with Gasteiger partial charge < -0.3 is 10.4 Å². The van der Waals surface area contributed by atoms with Crippen molar-refractivity contribution in [3.8, 4) is 11.3 Å². The molecule has 1 saturated carbocycles. The summed E-state index contributed by atoms with van der Waals surface area (Å²) >= 11 is 1.44. The van der Waals surface area contributed by atoms with Crippen molar-refractivity contribution in [2.45, 2.75) is 39.5 Å². The third kappa shape index (κ3) is 3.86. The minimum atomic E-state index is -0.888. The molecule has 0 unspecified atom stereocenters. The maximum atomic E-state index is 12.9. The smallest absolute Gasteiger partial charge is 0.307 e. The number of carbonyl (C=O) groups is 2. The Morgan fingerprint density at radius 1 is 1.17 bits per heavy atom. The summed E-state index contributed by atoms with van der Waals surface area (Å²) < 4.78 is 0. The zero-order valence-corrected chi connectivity index (χ0v) is 17.5. The number of aliphatic carboxylic acids is 1. The van der Waals surface area contributed by atoms with E-state index in [9.17, 15) is 14.7 Å². The zero-order chi connectivity index (χ0) is 20.5. The van der Waals surface area contributed by atoms with Crippen LogP contribution in [0.25, 0.3) is 11.3 Å². The fourth-order valence-corrected chi connectivity index (χ4v) is 5.47. The maximum Gasteiger partial charge on any atom is 0.307 e. The van der Waals surface area contributed by atoms with Crippen molar-refractivity contribution in [1.29, 1.82) is 0 Å². The summed E-state index contributed by atoms with van der Waals surface area (Å²) in [4.78, 5) is 30.2. The maximum absolute atomic E-state index is 12.9. The highest BCUT2D eigenvalue weighted by Crippen LogP contribution is 2.48. The van der Waals surface area contributed by atoms with Crippen LogP contribution in [0.1, 0.15) is 36.6 Å². The van der Waals surface area contributed by atoms with E-state index in [1.165, 1.54) is 29.7 Å². The van der Waals surface area contributed by atoms with Crippen molar-refractivity contribution in [2.75, 3.05) is 5.32 Å². The van der Waals surface area contributed by atoms with Gasteiger partial charge in [0.05, 0.1) is 17.5 Å². The van der Waals surface area contributed by atoms with Crippen molar-refractivity contribution in [3.63, 3.8) is 0 Å². The lowest BCUT2D eigenvalue weighted by atomic mass is 9.82. The predicted octanol–water partition coefficient (Wildman–Crippen LogP) is 4.92. The van der Waals surface area contributed by atoms with Gasteiger partial charge in [-0.2, -0.15) is 0 Å². The third-order valence-electron chi connectivity index (χ3n) is 6.12. The highest BCUT2D eigenvalue weighted by Gasteiger charge is 2.51. The summed E-state index contributed by atoms with van der Waals surface area (Å²) in [5.41, 5.74) is 3.22. The van der Waals surface area contributed by atoms with Gasteiger partial charge >= 0.3 is 5.97 Å². The van der Waals surface area contributed by atoms with Gasteiger partial charge in [0.2, 0.25) is 5.91 Å². The molecule has 5 nitrogen and oxygen atoms in total. The molecule has 6 heteroatoms. The van der Waals surface area contributed by atoms with Crippen LogP contribution in [0.3, 0.4) is 0 Å². The number of thiazole rings is 1. The molecule has 2 N–H and O–H groups in total. The van der Waals surface area contributed by atoms with Crippen molar-refractivity contribution in [2.24, 2.45) is 23.7 Å². The number of hydrogen-bond donors (Lipinski definition) is 2. The Hall–Kier alpha value is -2.47. The van der Waals surface area contributed by atoms with E-state index >= 15 is 0 Å². The summed E-state index contributed by atoms with van der Waals surface area (Å²) in [6, 6.07) is 8.45. The number of aromatic nitrogens is 1. The summed E-state index contributed by atoms with van der Waals surface area (Å²) in [6.45, 7) is 4.18. The standard InChI is InChI=1S/C23H26N2O3S/c1-3-4-5-14-6-8-15(9-7-14)20-13(2)29-23(24-20)25-21(26)18-16-10-11-17(12-16)19(18)22(27)28/h6-11,16-19H,3-5,12H2,1-2H3,(H,27,28)(H,24,25,26)/t16-,17+,18+,19+/m1/s1. The molecular formula is C23H26N2O3S. The quantitative estimate of drug-likeness (QED) is 0.635. The van der Waals surface area contributed by atoms with Gasteiger partial charge in [-0.25, -0.2) is 4.98 Å². The van der Waals surface area contributed by atoms with E-state index in [1.807, 2.05) is 19.1 Å². The first-order valence-electron chi connectivity index (χ1n) is 10.3. The number of nitrogens with zero attached hydrogens (tertiary/aromatic N) is 1. The lowest BCUT2D eigenvalue weighted by Gasteiger charge is -2.23. The average Bonchev–Trinajstić information content (AvgIpc) is 3.41. The largest absolute Gasteiger partial charge is 0.481 e. The van der Waals surface area contributed by atoms with Gasteiger partial charge in [0.15, 0.2) is 5.13 Å². The highest BCUT2D eigenvalue weighted by atomic mass is 32.1. The molecule has 1 fully saturated rings. The first-order chi connectivity index (χ1) is 14.0.